The van der Waals surface area contributed by atoms with Gasteiger partial charge in [-0.3, -0.25) is 0 Å². The first-order valence-corrected chi connectivity index (χ1v) is 8.55. The average Bonchev–Trinajstić information content (AvgIpc) is 3.17. The Morgan fingerprint density at radius 3 is 2.54 bits per heavy atom. The lowest BCUT2D eigenvalue weighted by Gasteiger charge is -2.13. The zero-order valence-corrected chi connectivity index (χ0v) is 15.5. The molecular formula is C17H14Cl2N6O. The number of rotatable bonds is 3. The van der Waals surface area contributed by atoms with E-state index < -0.39 is 0 Å². The maximum Gasteiger partial charge on any atom is 0.168 e. The van der Waals surface area contributed by atoms with Gasteiger partial charge in [0.05, 0.1) is 24.1 Å². The molecule has 0 spiro atoms. The molecule has 0 aliphatic carbocycles. The van der Waals surface area contributed by atoms with Crippen LogP contribution in [0.25, 0.3) is 22.9 Å². The molecular weight excluding hydrogens is 375 g/mol. The second-order valence-corrected chi connectivity index (χ2v) is 6.69. The molecule has 2 aromatic rings. The molecule has 1 aromatic carbocycles. The van der Waals surface area contributed by atoms with Gasteiger partial charge in [-0.2, -0.15) is 0 Å². The van der Waals surface area contributed by atoms with Gasteiger partial charge in [0, 0.05) is 15.6 Å². The molecule has 2 N–H and O–H groups in total. The molecule has 7 nitrogen and oxygen atoms in total. The van der Waals surface area contributed by atoms with Gasteiger partial charge in [-0.25, -0.2) is 15.0 Å². The Morgan fingerprint density at radius 2 is 1.88 bits per heavy atom. The summed E-state index contributed by atoms with van der Waals surface area (Å²) in [5.74, 6) is 2.02. The van der Waals surface area contributed by atoms with E-state index in [1.165, 1.54) is 0 Å². The summed E-state index contributed by atoms with van der Waals surface area (Å²) in [6.45, 7) is 4.05. The molecule has 0 bridgehead atoms. The predicted molar refractivity (Wildman–Crippen MR) is 99.4 cm³/mol. The molecule has 0 atom stereocenters. The molecule has 0 saturated carbocycles. The van der Waals surface area contributed by atoms with E-state index in [2.05, 4.69) is 20.1 Å². The highest BCUT2D eigenvalue weighted by atomic mass is 35.5. The van der Waals surface area contributed by atoms with Crippen LogP contribution in [0.15, 0.2) is 29.0 Å². The van der Waals surface area contributed by atoms with E-state index in [0.29, 0.717) is 51.2 Å². The molecule has 132 valence electrons. The summed E-state index contributed by atoms with van der Waals surface area (Å²) in [4.78, 5) is 13.4. The van der Waals surface area contributed by atoms with Gasteiger partial charge in [0.1, 0.15) is 5.76 Å². The second-order valence-electron chi connectivity index (χ2n) is 5.88. The van der Waals surface area contributed by atoms with Crippen molar-refractivity contribution in [2.45, 2.75) is 20.4 Å². The van der Waals surface area contributed by atoms with E-state index in [1.807, 2.05) is 18.4 Å². The fourth-order valence-corrected chi connectivity index (χ4v) is 3.35. The fourth-order valence-electron chi connectivity index (χ4n) is 2.84. The molecule has 1 aromatic heterocycles. The lowest BCUT2D eigenvalue weighted by molar-refractivity contribution is 0.393. The number of nitrogens with two attached hydrogens (primary N) is 1. The van der Waals surface area contributed by atoms with Crippen LogP contribution in [0.1, 0.15) is 17.0 Å². The smallest absolute Gasteiger partial charge is 0.168 e. The second kappa shape index (κ2) is 6.26. The molecule has 4 rings (SSSR count). The molecule has 2 aliphatic heterocycles. The number of halogens is 2. The number of fused-ring (bicyclic) bond motifs is 1. The summed E-state index contributed by atoms with van der Waals surface area (Å²) in [7, 11) is 0. The van der Waals surface area contributed by atoms with E-state index >= 15 is 0 Å². The lowest BCUT2D eigenvalue weighted by Crippen LogP contribution is -2.09. The maximum atomic E-state index is 6.29. The molecule has 2 aliphatic rings. The number of aromatic nitrogens is 5. The number of imidazole rings is 1. The summed E-state index contributed by atoms with van der Waals surface area (Å²) in [6.07, 6.45) is 1.60. The number of hydrogen-bond acceptors (Lipinski definition) is 6. The van der Waals surface area contributed by atoms with Crippen molar-refractivity contribution >= 4 is 29.0 Å². The van der Waals surface area contributed by atoms with E-state index in [9.17, 15) is 0 Å². The van der Waals surface area contributed by atoms with Crippen LogP contribution >= 0.6 is 23.2 Å². The zero-order chi connectivity index (χ0) is 18.4. The van der Waals surface area contributed by atoms with Crippen molar-refractivity contribution in [2.75, 3.05) is 5.73 Å². The van der Waals surface area contributed by atoms with E-state index in [-0.39, 0.29) is 0 Å². The molecule has 0 unspecified atom stereocenters. The van der Waals surface area contributed by atoms with Crippen molar-refractivity contribution in [3.8, 4) is 22.9 Å². The molecule has 0 radical (unpaired) electrons. The number of hydrogen-bond donors (Lipinski definition) is 1. The van der Waals surface area contributed by atoms with Crippen LogP contribution in [0.4, 0.5) is 5.82 Å². The Balaban J connectivity index is 1.86. The summed E-state index contributed by atoms with van der Waals surface area (Å²) in [6, 6.07) is 5.38. The quantitative estimate of drug-likeness (QED) is 0.569. The van der Waals surface area contributed by atoms with Gasteiger partial charge >= 0.3 is 0 Å². The van der Waals surface area contributed by atoms with Crippen LogP contribution in [-0.4, -0.2) is 24.7 Å². The van der Waals surface area contributed by atoms with E-state index in [0.717, 1.165) is 11.1 Å². The van der Waals surface area contributed by atoms with Crippen LogP contribution < -0.4 is 5.73 Å². The third-order valence-corrected chi connectivity index (χ3v) is 4.85. The first-order chi connectivity index (χ1) is 12.5. The Morgan fingerprint density at radius 1 is 1.15 bits per heavy atom. The summed E-state index contributed by atoms with van der Waals surface area (Å²) >= 11 is 12.6. The molecule has 0 amide bonds. The van der Waals surface area contributed by atoms with Crippen molar-refractivity contribution in [3.63, 3.8) is 0 Å². The standard InChI is InChI=1S/C17H14Cl2N6O/c1-8-13(9(2)26-24-8)16-22-14-15(20)21-7-25(17(14)23-16)6-10-11(18)4-3-5-12(10)19/h3-5,7H,6,20H2,1-2H3. The van der Waals surface area contributed by atoms with Crippen molar-refractivity contribution < 1.29 is 4.52 Å². The minimum absolute atomic E-state index is 0.298. The van der Waals surface area contributed by atoms with Crippen LogP contribution in [0.3, 0.4) is 0 Å². The molecule has 0 fully saturated rings. The van der Waals surface area contributed by atoms with Gasteiger partial charge in [0.2, 0.25) is 0 Å². The van der Waals surface area contributed by atoms with Gasteiger partial charge in [-0.15, -0.1) is 0 Å². The van der Waals surface area contributed by atoms with Gasteiger partial charge < -0.3 is 14.8 Å². The first kappa shape index (κ1) is 16.8. The van der Waals surface area contributed by atoms with Crippen molar-refractivity contribution in [2.24, 2.45) is 0 Å². The Bertz CT molecular complexity index is 1050. The van der Waals surface area contributed by atoms with Gasteiger partial charge in [0.25, 0.3) is 0 Å². The number of anilines is 1. The highest BCUT2D eigenvalue weighted by Crippen LogP contribution is 2.33. The van der Waals surface area contributed by atoms with Crippen LogP contribution in [0.2, 0.25) is 10.0 Å². The van der Waals surface area contributed by atoms with Gasteiger partial charge in [-0.05, 0) is 26.0 Å². The number of nitrogens with zero attached hydrogens (tertiary/aromatic N) is 5. The van der Waals surface area contributed by atoms with E-state index in [4.69, 9.17) is 33.5 Å². The van der Waals surface area contributed by atoms with Crippen molar-refractivity contribution in [1.82, 2.24) is 24.7 Å². The fraction of sp³-hybridized carbons (Fsp3) is 0.176. The zero-order valence-electron chi connectivity index (χ0n) is 14.0. The maximum absolute atomic E-state index is 6.29. The Labute approximate surface area is 159 Å². The van der Waals surface area contributed by atoms with Crippen LogP contribution in [0.5, 0.6) is 0 Å². The average molecular weight is 389 g/mol. The predicted octanol–water partition coefficient (Wildman–Crippen LogP) is 3.99. The van der Waals surface area contributed by atoms with Crippen molar-refractivity contribution in [1.29, 1.82) is 0 Å². The Kier molecular flexibility index (Phi) is 4.05. The normalized spacial score (nSPS) is 11.4. The van der Waals surface area contributed by atoms with Gasteiger partial charge in [0.15, 0.2) is 23.2 Å². The first-order valence-electron chi connectivity index (χ1n) is 7.80. The minimum atomic E-state index is 0.298. The highest BCUT2D eigenvalue weighted by Gasteiger charge is 2.24. The SMILES string of the molecule is Cc1noc(C)c1-c1nc2c(N)ncn(Cc3c(Cl)cccc3Cl)c-2n1. The van der Waals surface area contributed by atoms with Gasteiger partial charge in [-0.1, -0.05) is 34.4 Å². The number of benzene rings is 1. The molecule has 26 heavy (non-hydrogen) atoms. The topological polar surface area (TPSA) is 95.6 Å². The number of nitrogen functional groups attached to an aromatic ring is 1. The highest BCUT2D eigenvalue weighted by molar-refractivity contribution is 6.35. The largest absolute Gasteiger partial charge is 0.382 e. The minimum Gasteiger partial charge on any atom is -0.382 e. The summed E-state index contributed by atoms with van der Waals surface area (Å²) < 4.78 is 7.03. The third kappa shape index (κ3) is 2.69. The molecule has 9 heteroatoms. The molecule has 3 heterocycles. The van der Waals surface area contributed by atoms with Crippen LogP contribution in [0, 0.1) is 13.8 Å². The Hall–Kier alpha value is -2.64. The van der Waals surface area contributed by atoms with Crippen molar-refractivity contribution in [3.05, 3.63) is 51.6 Å². The number of aryl methyl sites for hydroxylation is 2. The lowest BCUT2D eigenvalue weighted by atomic mass is 10.2. The van der Waals surface area contributed by atoms with E-state index in [1.54, 1.807) is 24.5 Å². The van der Waals surface area contributed by atoms with Crippen LogP contribution in [-0.2, 0) is 6.54 Å². The monoisotopic (exact) mass is 388 g/mol. The molecule has 0 saturated heterocycles. The summed E-state index contributed by atoms with van der Waals surface area (Å²) in [5, 5.41) is 5.09. The summed E-state index contributed by atoms with van der Waals surface area (Å²) in [5.41, 5.74) is 8.75. The third-order valence-electron chi connectivity index (χ3n) is 4.14.